The van der Waals surface area contributed by atoms with Crippen LogP contribution in [0, 0.1) is 5.92 Å². The van der Waals surface area contributed by atoms with E-state index in [4.69, 9.17) is 9.90 Å². The highest BCUT2D eigenvalue weighted by molar-refractivity contribution is 5.79. The number of aliphatic hydroxyl groups is 1. The van der Waals surface area contributed by atoms with Crippen LogP contribution in [0.5, 0.6) is 0 Å². The first-order valence-corrected chi connectivity index (χ1v) is 8.89. The minimum Gasteiger partial charge on any atom is -0.475 e. The number of aliphatic carboxylic acids is 1. The molecule has 3 N–H and O–H groups in total. The largest absolute Gasteiger partial charge is 0.490 e. The standard InChI is InChI=1S/C17H21N3O2.C2HF3O2/c1-20-9-8-18-16(20)15(21)11-19-17(22)14-7-6-12-4-2-3-5-13(12)10-14;3-2(4,5)1(6)7/h2-5,8-9,14-15,21H,6-7,10-11H2,1H3,(H,19,22);(H,6,7). The second kappa shape index (κ2) is 9.55. The lowest BCUT2D eigenvalue weighted by molar-refractivity contribution is -0.192. The van der Waals surface area contributed by atoms with Gasteiger partial charge in [-0.15, -0.1) is 0 Å². The normalized spacial score (nSPS) is 16.8. The van der Waals surface area contributed by atoms with Crippen LogP contribution in [0.3, 0.4) is 0 Å². The molecule has 3 rings (SSSR count). The van der Waals surface area contributed by atoms with E-state index in [9.17, 15) is 23.1 Å². The maximum atomic E-state index is 12.3. The average molecular weight is 413 g/mol. The van der Waals surface area contributed by atoms with Crippen molar-refractivity contribution in [1.82, 2.24) is 14.9 Å². The fourth-order valence-electron chi connectivity index (χ4n) is 3.05. The van der Waals surface area contributed by atoms with Crippen LogP contribution in [-0.4, -0.2) is 44.4 Å². The maximum absolute atomic E-state index is 12.3. The van der Waals surface area contributed by atoms with E-state index in [1.165, 1.54) is 11.1 Å². The Morgan fingerprint density at radius 2 is 1.93 bits per heavy atom. The Morgan fingerprint density at radius 3 is 2.48 bits per heavy atom. The molecule has 0 saturated heterocycles. The summed E-state index contributed by atoms with van der Waals surface area (Å²) in [5.41, 5.74) is 2.61. The summed E-state index contributed by atoms with van der Waals surface area (Å²) >= 11 is 0. The summed E-state index contributed by atoms with van der Waals surface area (Å²) in [6, 6.07) is 8.29. The van der Waals surface area contributed by atoms with E-state index in [2.05, 4.69) is 22.4 Å². The number of carboxylic acids is 1. The lowest BCUT2D eigenvalue weighted by Crippen LogP contribution is -2.36. The van der Waals surface area contributed by atoms with Crippen molar-refractivity contribution in [3.63, 3.8) is 0 Å². The van der Waals surface area contributed by atoms with E-state index in [0.717, 1.165) is 19.3 Å². The Kier molecular flexibility index (Phi) is 7.38. The number of alkyl halides is 3. The highest BCUT2D eigenvalue weighted by Gasteiger charge is 2.38. The number of benzene rings is 1. The van der Waals surface area contributed by atoms with Crippen molar-refractivity contribution in [3.05, 3.63) is 53.6 Å². The van der Waals surface area contributed by atoms with E-state index in [0.29, 0.717) is 5.82 Å². The summed E-state index contributed by atoms with van der Waals surface area (Å²) in [7, 11) is 1.82. The molecule has 1 aliphatic carbocycles. The van der Waals surface area contributed by atoms with Crippen LogP contribution in [0.2, 0.25) is 0 Å². The number of hydrogen-bond donors (Lipinski definition) is 3. The van der Waals surface area contributed by atoms with Crippen LogP contribution in [0.1, 0.15) is 29.5 Å². The second-order valence-corrected chi connectivity index (χ2v) is 6.67. The number of fused-ring (bicyclic) bond motifs is 1. The maximum Gasteiger partial charge on any atom is 0.490 e. The number of nitrogens with zero attached hydrogens (tertiary/aromatic N) is 2. The van der Waals surface area contributed by atoms with Crippen LogP contribution in [0.25, 0.3) is 0 Å². The second-order valence-electron chi connectivity index (χ2n) is 6.67. The Hall–Kier alpha value is -2.88. The fraction of sp³-hybridized carbons (Fsp3) is 0.421. The van der Waals surface area contributed by atoms with Gasteiger partial charge in [-0.3, -0.25) is 4.79 Å². The molecule has 158 valence electrons. The first kappa shape index (κ1) is 22.4. The van der Waals surface area contributed by atoms with Gasteiger partial charge in [-0.1, -0.05) is 24.3 Å². The van der Waals surface area contributed by atoms with Crippen molar-refractivity contribution >= 4 is 11.9 Å². The zero-order chi connectivity index (χ0) is 21.6. The van der Waals surface area contributed by atoms with E-state index in [1.807, 2.05) is 19.2 Å². The number of carbonyl (C=O) groups excluding carboxylic acids is 1. The SMILES string of the molecule is Cn1ccnc1C(O)CNC(=O)C1CCc2ccccc2C1.O=C(O)C(F)(F)F. The minimum absolute atomic E-state index is 0.0107. The van der Waals surface area contributed by atoms with Gasteiger partial charge in [0, 0.05) is 25.4 Å². The molecule has 0 saturated carbocycles. The number of halogens is 3. The summed E-state index contributed by atoms with van der Waals surface area (Å²) < 4.78 is 33.5. The zero-order valence-electron chi connectivity index (χ0n) is 15.7. The van der Waals surface area contributed by atoms with Crippen molar-refractivity contribution in [3.8, 4) is 0 Å². The van der Waals surface area contributed by atoms with Gasteiger partial charge < -0.3 is 20.1 Å². The number of carboxylic acid groups (broad SMARTS) is 1. The molecule has 2 aromatic rings. The van der Waals surface area contributed by atoms with Crippen molar-refractivity contribution < 1.29 is 33.0 Å². The number of rotatable bonds is 4. The minimum atomic E-state index is -5.08. The van der Waals surface area contributed by atoms with Crippen LogP contribution in [0.4, 0.5) is 13.2 Å². The summed E-state index contributed by atoms with van der Waals surface area (Å²) in [5.74, 6) is -2.19. The number of aliphatic hydroxyl groups excluding tert-OH is 1. The molecule has 2 atom stereocenters. The lowest BCUT2D eigenvalue weighted by atomic mass is 9.83. The average Bonchev–Trinajstić information content (AvgIpc) is 3.11. The molecule has 2 unspecified atom stereocenters. The Bertz CT molecular complexity index is 851. The zero-order valence-corrected chi connectivity index (χ0v) is 15.7. The molecule has 10 heteroatoms. The number of imidazole rings is 1. The molecule has 0 aliphatic heterocycles. The van der Waals surface area contributed by atoms with Gasteiger partial charge in [-0.05, 0) is 30.4 Å². The van der Waals surface area contributed by atoms with Crippen molar-refractivity contribution in [1.29, 1.82) is 0 Å². The van der Waals surface area contributed by atoms with Gasteiger partial charge in [0.2, 0.25) is 5.91 Å². The van der Waals surface area contributed by atoms with Crippen LogP contribution in [0.15, 0.2) is 36.7 Å². The van der Waals surface area contributed by atoms with Gasteiger partial charge in [0.25, 0.3) is 0 Å². The third-order valence-electron chi connectivity index (χ3n) is 4.59. The smallest absolute Gasteiger partial charge is 0.475 e. The van der Waals surface area contributed by atoms with Crippen molar-refractivity contribution in [2.75, 3.05) is 6.54 Å². The molecule has 29 heavy (non-hydrogen) atoms. The first-order chi connectivity index (χ1) is 13.6. The number of hydrogen-bond acceptors (Lipinski definition) is 4. The molecule has 7 nitrogen and oxygen atoms in total. The molecule has 0 radical (unpaired) electrons. The molecule has 0 spiro atoms. The Labute approximate surface area is 165 Å². The highest BCUT2D eigenvalue weighted by atomic mass is 19.4. The Morgan fingerprint density at radius 1 is 1.31 bits per heavy atom. The predicted molar refractivity (Wildman–Crippen MR) is 96.8 cm³/mol. The summed E-state index contributed by atoms with van der Waals surface area (Å²) in [6.45, 7) is 0.196. The molecule has 1 heterocycles. The fourth-order valence-corrected chi connectivity index (χ4v) is 3.05. The van der Waals surface area contributed by atoms with E-state index >= 15 is 0 Å². The van der Waals surface area contributed by atoms with E-state index in [1.54, 1.807) is 17.0 Å². The number of amides is 1. The highest BCUT2D eigenvalue weighted by Crippen LogP contribution is 2.25. The predicted octanol–water partition coefficient (Wildman–Crippen LogP) is 2.01. The third-order valence-corrected chi connectivity index (χ3v) is 4.59. The van der Waals surface area contributed by atoms with E-state index in [-0.39, 0.29) is 18.4 Å². The molecule has 1 aromatic heterocycles. The first-order valence-electron chi connectivity index (χ1n) is 8.89. The lowest BCUT2D eigenvalue weighted by Gasteiger charge is -2.24. The van der Waals surface area contributed by atoms with Crippen LogP contribution in [-0.2, 0) is 29.5 Å². The van der Waals surface area contributed by atoms with Gasteiger partial charge in [0.15, 0.2) is 0 Å². The van der Waals surface area contributed by atoms with Crippen LogP contribution < -0.4 is 5.32 Å². The molecule has 1 aliphatic rings. The Balaban J connectivity index is 0.000000370. The van der Waals surface area contributed by atoms with Crippen molar-refractivity contribution in [2.24, 2.45) is 13.0 Å². The molecular formula is C19H22F3N3O4. The molecule has 1 amide bonds. The molecule has 1 aromatic carbocycles. The van der Waals surface area contributed by atoms with E-state index < -0.39 is 18.2 Å². The summed E-state index contributed by atoms with van der Waals surface area (Å²) in [6.07, 6.45) is 0.134. The molecule has 0 bridgehead atoms. The number of nitrogens with one attached hydrogen (secondary N) is 1. The molecule has 0 fully saturated rings. The summed E-state index contributed by atoms with van der Waals surface area (Å²) in [4.78, 5) is 25.3. The monoisotopic (exact) mass is 413 g/mol. The van der Waals surface area contributed by atoms with Gasteiger partial charge in [-0.2, -0.15) is 13.2 Å². The summed E-state index contributed by atoms with van der Waals surface area (Å²) in [5, 5.41) is 20.1. The van der Waals surface area contributed by atoms with Gasteiger partial charge in [-0.25, -0.2) is 9.78 Å². The van der Waals surface area contributed by atoms with Gasteiger partial charge >= 0.3 is 12.1 Å². The van der Waals surface area contributed by atoms with Gasteiger partial charge in [0.05, 0.1) is 6.54 Å². The third kappa shape index (κ3) is 6.31. The van der Waals surface area contributed by atoms with Crippen LogP contribution >= 0.6 is 0 Å². The van der Waals surface area contributed by atoms with Gasteiger partial charge in [0.1, 0.15) is 11.9 Å². The quantitative estimate of drug-likeness (QED) is 0.711. The number of aryl methyl sites for hydroxylation is 2. The topological polar surface area (TPSA) is 104 Å². The van der Waals surface area contributed by atoms with Crippen molar-refractivity contribution in [2.45, 2.75) is 31.5 Å². The number of carbonyl (C=O) groups is 2. The molecular weight excluding hydrogens is 391 g/mol. The number of aromatic nitrogens is 2.